The molecule has 4 aromatic rings. The molecule has 0 fully saturated rings. The first-order chi connectivity index (χ1) is 15.6. The SMILES string of the molecule is CC(=O)Nc1ccc(C=Cc2csc(NC(=O)c3cccn3Cc3ccncc3)n2)cc1. The standard InChI is InChI=1S/C24H21N5O2S/c1-17(30)26-20-7-4-18(5-8-20)6-9-21-16-32-24(27-21)28-23(31)22-3-2-14-29(22)15-19-10-12-25-13-11-19/h2-14,16H,15H2,1H3,(H,26,30)(H,27,28,31). The van der Waals surface area contributed by atoms with Crippen molar-refractivity contribution < 1.29 is 9.59 Å². The third-order valence-electron chi connectivity index (χ3n) is 4.58. The highest BCUT2D eigenvalue weighted by atomic mass is 32.1. The van der Waals surface area contributed by atoms with E-state index in [0.717, 1.165) is 22.5 Å². The highest BCUT2D eigenvalue weighted by Crippen LogP contribution is 2.19. The Hall–Kier alpha value is -4.04. The second-order valence-electron chi connectivity index (χ2n) is 7.04. The minimum atomic E-state index is -0.206. The maximum absolute atomic E-state index is 12.8. The number of pyridine rings is 1. The van der Waals surface area contributed by atoms with Crippen molar-refractivity contribution in [2.45, 2.75) is 13.5 Å². The number of aromatic nitrogens is 3. The van der Waals surface area contributed by atoms with Crippen molar-refractivity contribution in [2.24, 2.45) is 0 Å². The Morgan fingerprint density at radius 3 is 2.56 bits per heavy atom. The average molecular weight is 444 g/mol. The van der Waals surface area contributed by atoms with Crippen LogP contribution in [0.15, 0.2) is 72.5 Å². The molecule has 8 heteroatoms. The van der Waals surface area contributed by atoms with Crippen LogP contribution >= 0.6 is 11.3 Å². The van der Waals surface area contributed by atoms with Crippen LogP contribution in [0, 0.1) is 0 Å². The number of anilines is 2. The van der Waals surface area contributed by atoms with Crippen molar-refractivity contribution in [3.05, 3.63) is 95.0 Å². The van der Waals surface area contributed by atoms with Gasteiger partial charge in [-0.2, -0.15) is 0 Å². The summed E-state index contributed by atoms with van der Waals surface area (Å²) in [5.41, 5.74) is 4.11. The predicted molar refractivity (Wildman–Crippen MR) is 128 cm³/mol. The van der Waals surface area contributed by atoms with Crippen LogP contribution in [0.4, 0.5) is 10.8 Å². The molecule has 0 aliphatic rings. The van der Waals surface area contributed by atoms with E-state index in [1.165, 1.54) is 18.3 Å². The fraction of sp³-hybridized carbons (Fsp3) is 0.0833. The van der Waals surface area contributed by atoms with Gasteiger partial charge in [0, 0.05) is 43.1 Å². The van der Waals surface area contributed by atoms with Crippen LogP contribution in [0.2, 0.25) is 0 Å². The van der Waals surface area contributed by atoms with Crippen LogP contribution < -0.4 is 10.6 Å². The van der Waals surface area contributed by atoms with Gasteiger partial charge in [-0.3, -0.25) is 19.9 Å². The molecule has 0 radical (unpaired) electrons. The summed E-state index contributed by atoms with van der Waals surface area (Å²) in [6.07, 6.45) is 9.16. The van der Waals surface area contributed by atoms with E-state index in [0.29, 0.717) is 17.4 Å². The Bertz CT molecular complexity index is 1240. The number of hydrogen-bond acceptors (Lipinski definition) is 5. The van der Waals surface area contributed by atoms with Crippen molar-refractivity contribution >= 4 is 46.1 Å². The molecule has 0 spiro atoms. The smallest absolute Gasteiger partial charge is 0.274 e. The number of nitrogens with zero attached hydrogens (tertiary/aromatic N) is 3. The van der Waals surface area contributed by atoms with Gasteiger partial charge in [-0.05, 0) is 53.6 Å². The van der Waals surface area contributed by atoms with Gasteiger partial charge in [0.15, 0.2) is 5.13 Å². The molecule has 3 heterocycles. The molecule has 0 unspecified atom stereocenters. The Morgan fingerprint density at radius 2 is 1.81 bits per heavy atom. The highest BCUT2D eigenvalue weighted by Gasteiger charge is 2.13. The summed E-state index contributed by atoms with van der Waals surface area (Å²) >= 11 is 1.37. The van der Waals surface area contributed by atoms with Crippen molar-refractivity contribution in [1.82, 2.24) is 14.5 Å². The molecule has 0 saturated heterocycles. The van der Waals surface area contributed by atoms with Crippen molar-refractivity contribution in [3.63, 3.8) is 0 Å². The van der Waals surface area contributed by atoms with Crippen LogP contribution in [0.25, 0.3) is 12.2 Å². The van der Waals surface area contributed by atoms with E-state index in [1.807, 2.05) is 70.8 Å². The Kier molecular flexibility index (Phi) is 6.52. The lowest BCUT2D eigenvalue weighted by molar-refractivity contribution is -0.114. The summed E-state index contributed by atoms with van der Waals surface area (Å²) in [5.74, 6) is -0.308. The zero-order chi connectivity index (χ0) is 22.3. The van der Waals surface area contributed by atoms with Gasteiger partial charge in [-0.25, -0.2) is 4.98 Å². The predicted octanol–water partition coefficient (Wildman–Crippen LogP) is 4.77. The van der Waals surface area contributed by atoms with Gasteiger partial charge in [0.1, 0.15) is 5.69 Å². The zero-order valence-corrected chi connectivity index (χ0v) is 18.2. The summed E-state index contributed by atoms with van der Waals surface area (Å²) in [4.78, 5) is 32.3. The van der Waals surface area contributed by atoms with Crippen molar-refractivity contribution in [3.8, 4) is 0 Å². The molecule has 1 aromatic carbocycles. The van der Waals surface area contributed by atoms with Crippen LogP contribution in [-0.4, -0.2) is 26.3 Å². The maximum Gasteiger partial charge on any atom is 0.274 e. The van der Waals surface area contributed by atoms with E-state index in [1.54, 1.807) is 18.5 Å². The van der Waals surface area contributed by atoms with Gasteiger partial charge in [-0.1, -0.05) is 18.2 Å². The third-order valence-corrected chi connectivity index (χ3v) is 5.36. The molecule has 2 N–H and O–H groups in total. The number of rotatable bonds is 7. The van der Waals surface area contributed by atoms with Crippen molar-refractivity contribution in [1.29, 1.82) is 0 Å². The number of nitrogens with one attached hydrogen (secondary N) is 2. The number of hydrogen-bond donors (Lipinski definition) is 2. The van der Waals surface area contributed by atoms with Gasteiger partial charge in [0.05, 0.1) is 5.69 Å². The van der Waals surface area contributed by atoms with E-state index in [9.17, 15) is 9.59 Å². The largest absolute Gasteiger partial charge is 0.339 e. The maximum atomic E-state index is 12.8. The second kappa shape index (κ2) is 9.84. The molecule has 0 aliphatic heterocycles. The second-order valence-corrected chi connectivity index (χ2v) is 7.90. The molecule has 2 amide bonds. The van der Waals surface area contributed by atoms with Crippen LogP contribution in [0.3, 0.4) is 0 Å². The topological polar surface area (TPSA) is 88.9 Å². The van der Waals surface area contributed by atoms with Gasteiger partial charge in [-0.15, -0.1) is 11.3 Å². The Labute approximate surface area is 189 Å². The van der Waals surface area contributed by atoms with Gasteiger partial charge >= 0.3 is 0 Å². The number of benzene rings is 1. The minimum Gasteiger partial charge on any atom is -0.339 e. The van der Waals surface area contributed by atoms with Gasteiger partial charge in [0.25, 0.3) is 5.91 Å². The first-order valence-electron chi connectivity index (χ1n) is 9.93. The average Bonchev–Trinajstić information content (AvgIpc) is 3.43. The first kappa shape index (κ1) is 21.2. The minimum absolute atomic E-state index is 0.102. The molecular formula is C24H21N5O2S. The van der Waals surface area contributed by atoms with E-state index in [4.69, 9.17) is 0 Å². The van der Waals surface area contributed by atoms with Crippen LogP contribution in [-0.2, 0) is 11.3 Å². The number of amides is 2. The van der Waals surface area contributed by atoms with E-state index in [2.05, 4.69) is 20.6 Å². The lowest BCUT2D eigenvalue weighted by Crippen LogP contribution is -2.17. The molecule has 7 nitrogen and oxygen atoms in total. The summed E-state index contributed by atoms with van der Waals surface area (Å²) < 4.78 is 1.89. The number of carbonyl (C=O) groups excluding carboxylic acids is 2. The van der Waals surface area contributed by atoms with E-state index >= 15 is 0 Å². The molecule has 0 aliphatic carbocycles. The normalized spacial score (nSPS) is 10.9. The lowest BCUT2D eigenvalue weighted by Gasteiger charge is -2.08. The molecule has 0 saturated carbocycles. The molecule has 32 heavy (non-hydrogen) atoms. The van der Waals surface area contributed by atoms with Crippen LogP contribution in [0.1, 0.15) is 34.2 Å². The molecule has 3 aromatic heterocycles. The fourth-order valence-electron chi connectivity index (χ4n) is 3.09. The molecule has 160 valence electrons. The monoisotopic (exact) mass is 443 g/mol. The number of thiazole rings is 1. The van der Waals surface area contributed by atoms with E-state index < -0.39 is 0 Å². The molecule has 0 bridgehead atoms. The summed E-state index contributed by atoms with van der Waals surface area (Å²) in [6, 6.07) is 15.0. The fourth-order valence-corrected chi connectivity index (χ4v) is 3.76. The molecular weight excluding hydrogens is 422 g/mol. The quantitative estimate of drug-likeness (QED) is 0.431. The number of carbonyl (C=O) groups is 2. The summed E-state index contributed by atoms with van der Waals surface area (Å²) in [7, 11) is 0. The third kappa shape index (κ3) is 5.55. The Balaban J connectivity index is 1.38. The van der Waals surface area contributed by atoms with Crippen LogP contribution in [0.5, 0.6) is 0 Å². The first-order valence-corrected chi connectivity index (χ1v) is 10.8. The summed E-state index contributed by atoms with van der Waals surface area (Å²) in [6.45, 7) is 2.07. The van der Waals surface area contributed by atoms with Gasteiger partial charge in [0.2, 0.25) is 5.91 Å². The van der Waals surface area contributed by atoms with Crippen molar-refractivity contribution in [2.75, 3.05) is 10.6 Å². The summed E-state index contributed by atoms with van der Waals surface area (Å²) in [5, 5.41) is 8.03. The zero-order valence-electron chi connectivity index (χ0n) is 17.4. The highest BCUT2D eigenvalue weighted by molar-refractivity contribution is 7.14. The Morgan fingerprint density at radius 1 is 1.03 bits per heavy atom. The molecule has 0 atom stereocenters. The lowest BCUT2D eigenvalue weighted by atomic mass is 10.2. The van der Waals surface area contributed by atoms with Gasteiger partial charge < -0.3 is 9.88 Å². The molecule has 4 rings (SSSR count). The van der Waals surface area contributed by atoms with E-state index in [-0.39, 0.29) is 11.8 Å².